The molecule has 0 aliphatic rings. The molecule has 84 valence electrons. The number of hydrogen-bond donors (Lipinski definition) is 2. The van der Waals surface area contributed by atoms with E-state index in [4.69, 9.17) is 0 Å². The van der Waals surface area contributed by atoms with Crippen molar-refractivity contribution in [1.82, 2.24) is 15.3 Å². The Morgan fingerprint density at radius 2 is 2.47 bits per heavy atom. The van der Waals surface area contributed by atoms with Crippen molar-refractivity contribution in [2.24, 2.45) is 0 Å². The van der Waals surface area contributed by atoms with Crippen molar-refractivity contribution >= 4 is 11.8 Å². The molecule has 1 rings (SSSR count). The topological polar surface area (TPSA) is 57.8 Å². The first-order valence-electron chi connectivity index (χ1n) is 5.14. The van der Waals surface area contributed by atoms with E-state index in [9.17, 15) is 4.79 Å². The molecule has 0 aliphatic heterocycles. The van der Waals surface area contributed by atoms with E-state index in [2.05, 4.69) is 29.1 Å². The molecule has 1 unspecified atom stereocenters. The first-order valence-corrected chi connectivity index (χ1v) is 6.12. The minimum absolute atomic E-state index is 0.0957. The van der Waals surface area contributed by atoms with Gasteiger partial charge >= 0.3 is 0 Å². The Labute approximate surface area is 93.9 Å². The van der Waals surface area contributed by atoms with E-state index in [1.165, 1.54) is 12.3 Å². The number of thioether (sulfide) groups is 1. The Kier molecular flexibility index (Phi) is 5.42. The van der Waals surface area contributed by atoms with Crippen molar-refractivity contribution in [3.05, 3.63) is 22.6 Å². The zero-order valence-corrected chi connectivity index (χ0v) is 9.93. The summed E-state index contributed by atoms with van der Waals surface area (Å²) in [6.07, 6.45) is 2.67. The first-order chi connectivity index (χ1) is 7.22. The zero-order chi connectivity index (χ0) is 11.1. The van der Waals surface area contributed by atoms with Crippen LogP contribution < -0.4 is 10.9 Å². The van der Waals surface area contributed by atoms with E-state index in [1.807, 2.05) is 0 Å². The zero-order valence-electron chi connectivity index (χ0n) is 9.12. The van der Waals surface area contributed by atoms with Gasteiger partial charge in [-0.15, -0.1) is 0 Å². The van der Waals surface area contributed by atoms with Crippen LogP contribution >= 0.6 is 11.8 Å². The molecule has 15 heavy (non-hydrogen) atoms. The molecule has 0 aromatic carbocycles. The molecule has 0 bridgehead atoms. The van der Waals surface area contributed by atoms with Crippen LogP contribution in [0.5, 0.6) is 0 Å². The van der Waals surface area contributed by atoms with Crippen LogP contribution in [0, 0.1) is 0 Å². The highest BCUT2D eigenvalue weighted by Crippen LogP contribution is 2.10. The van der Waals surface area contributed by atoms with Crippen LogP contribution in [0.2, 0.25) is 0 Å². The quantitative estimate of drug-likeness (QED) is 0.567. The van der Waals surface area contributed by atoms with Gasteiger partial charge < -0.3 is 10.3 Å². The van der Waals surface area contributed by atoms with E-state index in [-0.39, 0.29) is 5.56 Å². The van der Waals surface area contributed by atoms with Gasteiger partial charge in [-0.25, -0.2) is 4.98 Å². The van der Waals surface area contributed by atoms with Gasteiger partial charge in [0.1, 0.15) is 0 Å². The van der Waals surface area contributed by atoms with Gasteiger partial charge in [0.2, 0.25) is 0 Å². The van der Waals surface area contributed by atoms with Crippen LogP contribution in [0.25, 0.3) is 0 Å². The highest BCUT2D eigenvalue weighted by Gasteiger charge is 2.02. The van der Waals surface area contributed by atoms with Gasteiger partial charge in [0.15, 0.2) is 5.16 Å². The number of H-pyrrole nitrogens is 1. The third kappa shape index (κ3) is 4.99. The van der Waals surface area contributed by atoms with Crippen LogP contribution in [-0.4, -0.2) is 28.3 Å². The maximum atomic E-state index is 11.0. The number of aromatic amines is 1. The van der Waals surface area contributed by atoms with Crippen LogP contribution in [0.4, 0.5) is 0 Å². The lowest BCUT2D eigenvalue weighted by Crippen LogP contribution is -2.28. The summed E-state index contributed by atoms with van der Waals surface area (Å²) in [6, 6.07) is 1.85. The fraction of sp³-hybridized carbons (Fsp3) is 0.600. The fourth-order valence-electron chi connectivity index (χ4n) is 1.08. The first kappa shape index (κ1) is 12.3. The lowest BCUT2D eigenvalue weighted by Gasteiger charge is -2.11. The standard InChI is InChI=1S/C10H17N3OS/c1-3-5-11-8(2)7-15-10-12-6-4-9(14)13-10/h4,6,8,11H,3,5,7H2,1-2H3,(H,12,13,14). The molecule has 4 nitrogen and oxygen atoms in total. The summed E-state index contributed by atoms with van der Waals surface area (Å²) in [7, 11) is 0. The van der Waals surface area contributed by atoms with E-state index in [0.717, 1.165) is 18.7 Å². The Balaban J connectivity index is 2.33. The Bertz CT molecular complexity index is 339. The summed E-state index contributed by atoms with van der Waals surface area (Å²) < 4.78 is 0. The van der Waals surface area contributed by atoms with Crippen molar-refractivity contribution in [2.75, 3.05) is 12.3 Å². The van der Waals surface area contributed by atoms with Crippen LogP contribution in [0.15, 0.2) is 22.2 Å². The molecule has 0 radical (unpaired) electrons. The highest BCUT2D eigenvalue weighted by atomic mass is 32.2. The average Bonchev–Trinajstić information content (AvgIpc) is 2.23. The lowest BCUT2D eigenvalue weighted by molar-refractivity contribution is 0.590. The highest BCUT2D eigenvalue weighted by molar-refractivity contribution is 7.99. The third-order valence-electron chi connectivity index (χ3n) is 1.86. The predicted molar refractivity (Wildman–Crippen MR) is 63.3 cm³/mol. The van der Waals surface area contributed by atoms with E-state index in [1.54, 1.807) is 11.8 Å². The lowest BCUT2D eigenvalue weighted by atomic mass is 10.3. The Hall–Kier alpha value is -0.810. The van der Waals surface area contributed by atoms with Gasteiger partial charge in [-0.2, -0.15) is 0 Å². The Morgan fingerprint density at radius 3 is 3.13 bits per heavy atom. The van der Waals surface area contributed by atoms with Crippen LogP contribution in [0.1, 0.15) is 20.3 Å². The fourth-order valence-corrected chi connectivity index (χ4v) is 1.91. The normalized spacial score (nSPS) is 12.7. The van der Waals surface area contributed by atoms with E-state index in [0.29, 0.717) is 11.2 Å². The van der Waals surface area contributed by atoms with Crippen molar-refractivity contribution < 1.29 is 0 Å². The summed E-state index contributed by atoms with van der Waals surface area (Å²) in [6.45, 7) is 5.30. The smallest absolute Gasteiger partial charge is 0.251 e. The van der Waals surface area contributed by atoms with Gasteiger partial charge in [0.25, 0.3) is 5.56 Å². The molecule has 1 aromatic rings. The second kappa shape index (κ2) is 6.63. The molecule has 2 N–H and O–H groups in total. The molecule has 0 amide bonds. The largest absolute Gasteiger partial charge is 0.313 e. The second-order valence-corrected chi connectivity index (χ2v) is 4.41. The maximum absolute atomic E-state index is 11.0. The summed E-state index contributed by atoms with van der Waals surface area (Å²) in [5.74, 6) is 0.910. The maximum Gasteiger partial charge on any atom is 0.251 e. The monoisotopic (exact) mass is 227 g/mol. The van der Waals surface area contributed by atoms with Gasteiger partial charge in [0.05, 0.1) is 0 Å². The molecular formula is C10H17N3OS. The molecule has 0 fully saturated rings. The van der Waals surface area contributed by atoms with Gasteiger partial charge in [0, 0.05) is 24.1 Å². The van der Waals surface area contributed by atoms with Crippen LogP contribution in [-0.2, 0) is 0 Å². The SMILES string of the molecule is CCCNC(C)CSc1nccc(=O)[nH]1. The third-order valence-corrected chi connectivity index (χ3v) is 3.01. The summed E-state index contributed by atoms with van der Waals surface area (Å²) in [5, 5.41) is 4.06. The summed E-state index contributed by atoms with van der Waals surface area (Å²) in [5.41, 5.74) is -0.0957. The van der Waals surface area contributed by atoms with Crippen LogP contribution in [0.3, 0.4) is 0 Å². The molecule has 0 saturated heterocycles. The number of nitrogens with zero attached hydrogens (tertiary/aromatic N) is 1. The van der Waals surface area contributed by atoms with E-state index >= 15 is 0 Å². The van der Waals surface area contributed by atoms with Gasteiger partial charge in [-0.1, -0.05) is 18.7 Å². The summed E-state index contributed by atoms with van der Waals surface area (Å²) >= 11 is 1.56. The van der Waals surface area contributed by atoms with Crippen molar-refractivity contribution in [3.63, 3.8) is 0 Å². The summed E-state index contributed by atoms with van der Waals surface area (Å²) in [4.78, 5) is 17.7. The molecule has 5 heteroatoms. The second-order valence-electron chi connectivity index (χ2n) is 3.41. The van der Waals surface area contributed by atoms with Gasteiger partial charge in [-0.3, -0.25) is 4.79 Å². The number of rotatable bonds is 6. The minimum Gasteiger partial charge on any atom is -0.313 e. The Morgan fingerprint density at radius 1 is 1.67 bits per heavy atom. The number of aromatic nitrogens is 2. The van der Waals surface area contributed by atoms with Crippen molar-refractivity contribution in [3.8, 4) is 0 Å². The van der Waals surface area contributed by atoms with E-state index < -0.39 is 0 Å². The van der Waals surface area contributed by atoms with Crippen molar-refractivity contribution in [2.45, 2.75) is 31.5 Å². The molecule has 0 saturated carbocycles. The predicted octanol–water partition coefficient (Wildman–Crippen LogP) is 1.25. The molecule has 1 aromatic heterocycles. The van der Waals surface area contributed by atoms with Crippen molar-refractivity contribution in [1.29, 1.82) is 0 Å². The van der Waals surface area contributed by atoms with Gasteiger partial charge in [-0.05, 0) is 19.9 Å². The minimum atomic E-state index is -0.0957. The molecule has 0 aliphatic carbocycles. The molecule has 1 heterocycles. The molecule has 0 spiro atoms. The number of hydrogen-bond acceptors (Lipinski definition) is 4. The molecule has 1 atom stereocenters. The number of nitrogens with one attached hydrogen (secondary N) is 2. The average molecular weight is 227 g/mol. The molecular weight excluding hydrogens is 210 g/mol.